The summed E-state index contributed by atoms with van der Waals surface area (Å²) in [5, 5.41) is 0.442. The van der Waals surface area contributed by atoms with E-state index in [1.54, 1.807) is 18.2 Å². The van der Waals surface area contributed by atoms with Crippen molar-refractivity contribution in [1.29, 1.82) is 0 Å². The third kappa shape index (κ3) is 5.15. The summed E-state index contributed by atoms with van der Waals surface area (Å²) in [6, 6.07) is 11.4. The van der Waals surface area contributed by atoms with Crippen LogP contribution < -0.4 is 5.56 Å². The van der Waals surface area contributed by atoms with Crippen LogP contribution in [0.25, 0.3) is 10.9 Å². The zero-order valence-electron chi connectivity index (χ0n) is 17.4. The first kappa shape index (κ1) is 21.1. The van der Waals surface area contributed by atoms with Crippen LogP contribution >= 0.6 is 0 Å². The summed E-state index contributed by atoms with van der Waals surface area (Å²) in [6.45, 7) is 4.88. The maximum Gasteiger partial charge on any atom is 0.337 e. The van der Waals surface area contributed by atoms with Crippen LogP contribution in [0.4, 0.5) is 4.39 Å². The number of esters is 1. The van der Waals surface area contributed by atoms with E-state index in [2.05, 4.69) is 19.8 Å². The molecule has 7 nitrogen and oxygen atoms in total. The van der Waals surface area contributed by atoms with Crippen LogP contribution in [0.5, 0.6) is 0 Å². The number of carbonyl (C=O) groups is 1. The number of benzene rings is 2. The monoisotopic (exact) mass is 424 g/mol. The third-order valence-electron chi connectivity index (χ3n) is 5.55. The first-order valence-corrected chi connectivity index (χ1v) is 10.3. The number of fused-ring (bicyclic) bond motifs is 1. The molecule has 0 saturated carbocycles. The maximum absolute atomic E-state index is 13.1. The zero-order valence-corrected chi connectivity index (χ0v) is 17.4. The van der Waals surface area contributed by atoms with E-state index in [0.29, 0.717) is 28.8 Å². The van der Waals surface area contributed by atoms with Crippen LogP contribution in [0.1, 0.15) is 28.2 Å². The van der Waals surface area contributed by atoms with Gasteiger partial charge in [0.05, 0.1) is 30.1 Å². The van der Waals surface area contributed by atoms with Crippen molar-refractivity contribution in [3.8, 4) is 0 Å². The van der Waals surface area contributed by atoms with Gasteiger partial charge in [-0.15, -0.1) is 0 Å². The third-order valence-corrected chi connectivity index (χ3v) is 5.55. The lowest BCUT2D eigenvalue weighted by atomic mass is 10.1. The molecule has 0 atom stereocenters. The van der Waals surface area contributed by atoms with Gasteiger partial charge in [-0.3, -0.25) is 14.6 Å². The summed E-state index contributed by atoms with van der Waals surface area (Å²) in [7, 11) is 1.32. The highest BCUT2D eigenvalue weighted by atomic mass is 19.1. The predicted molar refractivity (Wildman–Crippen MR) is 115 cm³/mol. The molecular weight excluding hydrogens is 399 g/mol. The normalized spacial score (nSPS) is 15.7. The Balaban J connectivity index is 1.44. The number of halogens is 1. The van der Waals surface area contributed by atoms with Crippen molar-refractivity contribution < 1.29 is 13.9 Å². The number of hydrogen-bond acceptors (Lipinski definition) is 6. The van der Waals surface area contributed by atoms with Crippen molar-refractivity contribution in [2.24, 2.45) is 0 Å². The van der Waals surface area contributed by atoms with Crippen molar-refractivity contribution in [1.82, 2.24) is 19.8 Å². The first-order chi connectivity index (χ1) is 15.0. The number of H-pyrrole nitrogens is 1. The molecule has 4 rings (SSSR count). The van der Waals surface area contributed by atoms with E-state index < -0.39 is 5.97 Å². The Morgan fingerprint density at radius 2 is 1.77 bits per heavy atom. The molecule has 0 aliphatic carbocycles. The van der Waals surface area contributed by atoms with E-state index in [0.717, 1.165) is 44.7 Å². The van der Waals surface area contributed by atoms with Crippen molar-refractivity contribution in [3.05, 3.63) is 75.6 Å². The molecule has 0 unspecified atom stereocenters. The summed E-state index contributed by atoms with van der Waals surface area (Å²) in [5.41, 5.74) is 1.72. The minimum atomic E-state index is -0.459. The molecular formula is C23H25FN4O3. The Labute approximate surface area is 179 Å². The minimum absolute atomic E-state index is 0.218. The van der Waals surface area contributed by atoms with Crippen LogP contribution in [0, 0.1) is 5.82 Å². The summed E-state index contributed by atoms with van der Waals surface area (Å²) >= 11 is 0. The predicted octanol–water partition coefficient (Wildman–Crippen LogP) is 2.56. The van der Waals surface area contributed by atoms with Crippen molar-refractivity contribution >= 4 is 16.9 Å². The average molecular weight is 424 g/mol. The second-order valence-electron chi connectivity index (χ2n) is 7.77. The summed E-state index contributed by atoms with van der Waals surface area (Å²) in [6.07, 6.45) is 0.992. The van der Waals surface area contributed by atoms with Crippen molar-refractivity contribution in [2.45, 2.75) is 19.5 Å². The Bertz CT molecular complexity index is 1130. The molecule has 0 amide bonds. The van der Waals surface area contributed by atoms with Gasteiger partial charge in [0.2, 0.25) is 0 Å². The van der Waals surface area contributed by atoms with Crippen LogP contribution in [0.3, 0.4) is 0 Å². The lowest BCUT2D eigenvalue weighted by Crippen LogP contribution is -2.31. The Morgan fingerprint density at radius 3 is 2.48 bits per heavy atom. The highest BCUT2D eigenvalue weighted by Crippen LogP contribution is 2.14. The Morgan fingerprint density at radius 1 is 1.06 bits per heavy atom. The molecule has 1 aromatic heterocycles. The van der Waals surface area contributed by atoms with Gasteiger partial charge >= 0.3 is 5.97 Å². The molecule has 0 spiro atoms. The van der Waals surface area contributed by atoms with Crippen LogP contribution in [-0.4, -0.2) is 59.0 Å². The second-order valence-corrected chi connectivity index (χ2v) is 7.77. The number of hydrogen-bond donors (Lipinski definition) is 1. The molecule has 1 saturated heterocycles. The molecule has 162 valence electrons. The molecule has 3 aromatic rings. The van der Waals surface area contributed by atoms with Crippen molar-refractivity contribution in [3.63, 3.8) is 0 Å². The topological polar surface area (TPSA) is 78.5 Å². The Hall–Kier alpha value is -3.10. The quantitative estimate of drug-likeness (QED) is 0.635. The van der Waals surface area contributed by atoms with Gasteiger partial charge in [0.25, 0.3) is 5.56 Å². The second kappa shape index (κ2) is 9.36. The Kier molecular flexibility index (Phi) is 6.39. The lowest BCUT2D eigenvalue weighted by molar-refractivity contribution is 0.0601. The molecule has 2 aromatic carbocycles. The van der Waals surface area contributed by atoms with Crippen LogP contribution in [0.15, 0.2) is 47.3 Å². The minimum Gasteiger partial charge on any atom is -0.465 e. The average Bonchev–Trinajstić information content (AvgIpc) is 2.99. The molecule has 31 heavy (non-hydrogen) atoms. The van der Waals surface area contributed by atoms with Gasteiger partial charge in [-0.1, -0.05) is 12.1 Å². The number of methoxy groups -OCH3 is 1. The van der Waals surface area contributed by atoms with Gasteiger partial charge in [0.1, 0.15) is 11.6 Å². The fraction of sp³-hybridized carbons (Fsp3) is 0.348. The summed E-state index contributed by atoms with van der Waals surface area (Å²) in [5.74, 6) is -0.104. The zero-order chi connectivity index (χ0) is 21.8. The van der Waals surface area contributed by atoms with Gasteiger partial charge in [0.15, 0.2) is 0 Å². The first-order valence-electron chi connectivity index (χ1n) is 10.3. The van der Waals surface area contributed by atoms with E-state index in [1.165, 1.54) is 19.2 Å². The highest BCUT2D eigenvalue weighted by Gasteiger charge is 2.17. The number of nitrogens with zero attached hydrogens (tertiary/aromatic N) is 3. The maximum atomic E-state index is 13.1. The van der Waals surface area contributed by atoms with Crippen molar-refractivity contribution in [2.75, 3.05) is 33.3 Å². The number of rotatable bonds is 5. The van der Waals surface area contributed by atoms with Crippen LogP contribution in [-0.2, 0) is 17.8 Å². The fourth-order valence-corrected chi connectivity index (χ4v) is 3.91. The molecule has 0 radical (unpaired) electrons. The standard InChI is InChI=1S/C23H25FN4O3/c1-31-23(30)17-5-8-19-20(13-17)25-21(26-22(19)29)15-28-10-2-9-27(11-12-28)14-16-3-6-18(24)7-4-16/h3-8,13H,2,9-12,14-15H2,1H3,(H,25,26,29). The number of aromatic nitrogens is 2. The lowest BCUT2D eigenvalue weighted by Gasteiger charge is -2.21. The number of carbonyl (C=O) groups excluding carboxylic acids is 1. The molecule has 1 aliphatic heterocycles. The molecule has 8 heteroatoms. The fourth-order valence-electron chi connectivity index (χ4n) is 3.91. The largest absolute Gasteiger partial charge is 0.465 e. The molecule has 0 bridgehead atoms. The smallest absolute Gasteiger partial charge is 0.337 e. The SMILES string of the molecule is COC(=O)c1ccc2c(=O)[nH]c(CN3CCCN(Cc4ccc(F)cc4)CC3)nc2c1. The van der Waals surface area contributed by atoms with E-state index in [1.807, 2.05) is 12.1 Å². The molecule has 1 aliphatic rings. The van der Waals surface area contributed by atoms with Gasteiger partial charge in [-0.05, 0) is 55.4 Å². The van der Waals surface area contributed by atoms with E-state index in [9.17, 15) is 14.0 Å². The summed E-state index contributed by atoms with van der Waals surface area (Å²) < 4.78 is 17.9. The van der Waals surface area contributed by atoms with Gasteiger partial charge < -0.3 is 9.72 Å². The summed E-state index contributed by atoms with van der Waals surface area (Å²) in [4.78, 5) is 36.3. The van der Waals surface area contributed by atoms with Gasteiger partial charge in [0, 0.05) is 19.6 Å². The van der Waals surface area contributed by atoms with E-state index in [-0.39, 0.29) is 11.4 Å². The number of aromatic amines is 1. The number of nitrogens with one attached hydrogen (secondary N) is 1. The van der Waals surface area contributed by atoms with Crippen LogP contribution in [0.2, 0.25) is 0 Å². The van der Waals surface area contributed by atoms with E-state index in [4.69, 9.17) is 4.74 Å². The highest BCUT2D eigenvalue weighted by molar-refractivity contribution is 5.93. The van der Waals surface area contributed by atoms with E-state index >= 15 is 0 Å². The molecule has 1 fully saturated rings. The van der Waals surface area contributed by atoms with Gasteiger partial charge in [-0.2, -0.15) is 0 Å². The number of ether oxygens (including phenoxy) is 1. The molecule has 2 heterocycles. The molecule has 1 N–H and O–H groups in total. The van der Waals surface area contributed by atoms with Gasteiger partial charge in [-0.25, -0.2) is 14.2 Å².